The first kappa shape index (κ1) is 11.9. The molecule has 0 unspecified atom stereocenters. The molecule has 0 amide bonds. The van der Waals surface area contributed by atoms with Crippen molar-refractivity contribution in [2.24, 2.45) is 23.7 Å². The second-order valence-corrected chi connectivity index (χ2v) is 6.77. The van der Waals surface area contributed by atoms with Crippen molar-refractivity contribution in [3.63, 3.8) is 0 Å². The highest BCUT2D eigenvalue weighted by atomic mass is 19.1. The van der Waals surface area contributed by atoms with E-state index in [4.69, 9.17) is 0 Å². The molecule has 1 N–H and O–H groups in total. The molecule has 5 atom stereocenters. The van der Waals surface area contributed by atoms with Gasteiger partial charge in [-0.3, -0.25) is 0 Å². The highest BCUT2D eigenvalue weighted by molar-refractivity contribution is 5.16. The van der Waals surface area contributed by atoms with E-state index < -0.39 is 0 Å². The van der Waals surface area contributed by atoms with Gasteiger partial charge in [-0.05, 0) is 67.1 Å². The van der Waals surface area contributed by atoms with Crippen LogP contribution in [0.2, 0.25) is 0 Å². The lowest BCUT2D eigenvalue weighted by molar-refractivity contribution is 0.208. The Labute approximate surface area is 114 Å². The van der Waals surface area contributed by atoms with Crippen LogP contribution in [0.25, 0.3) is 0 Å². The lowest BCUT2D eigenvalue weighted by atomic mass is 9.79. The summed E-state index contributed by atoms with van der Waals surface area (Å²) in [6, 6.07) is 7.68. The molecule has 2 bridgehead atoms. The number of hydrogen-bond acceptors (Lipinski definition) is 1. The van der Waals surface area contributed by atoms with Gasteiger partial charge in [0, 0.05) is 12.6 Å². The summed E-state index contributed by atoms with van der Waals surface area (Å²) in [5.41, 5.74) is 1.07. The third-order valence-corrected chi connectivity index (χ3v) is 5.89. The maximum absolute atomic E-state index is 13.2. The molecule has 0 aromatic heterocycles. The van der Waals surface area contributed by atoms with Gasteiger partial charge in [0.2, 0.25) is 0 Å². The first-order valence-corrected chi connectivity index (χ1v) is 7.79. The van der Waals surface area contributed by atoms with Crippen LogP contribution in [0.3, 0.4) is 0 Å². The fourth-order valence-electron chi connectivity index (χ4n) is 5.20. The fourth-order valence-corrected chi connectivity index (χ4v) is 5.20. The van der Waals surface area contributed by atoms with Gasteiger partial charge in [0.1, 0.15) is 5.82 Å². The molecular formula is C17H22FN. The topological polar surface area (TPSA) is 12.0 Å². The highest BCUT2D eigenvalue weighted by Gasteiger charge is 2.53. The molecule has 4 rings (SSSR count). The Bertz CT molecular complexity index is 472. The molecular weight excluding hydrogens is 237 g/mol. The molecule has 0 heterocycles. The van der Waals surface area contributed by atoms with Gasteiger partial charge in [-0.2, -0.15) is 0 Å². The quantitative estimate of drug-likeness (QED) is 0.872. The lowest BCUT2D eigenvalue weighted by Crippen LogP contribution is -2.38. The number of fused-ring (bicyclic) bond motifs is 5. The zero-order chi connectivity index (χ0) is 12.8. The normalized spacial score (nSPS) is 39.7. The molecule has 0 saturated heterocycles. The Hall–Kier alpha value is -0.890. The molecule has 19 heavy (non-hydrogen) atoms. The van der Waals surface area contributed by atoms with Crippen LogP contribution in [0, 0.1) is 29.5 Å². The zero-order valence-electron chi connectivity index (χ0n) is 11.3. The van der Waals surface area contributed by atoms with E-state index >= 15 is 0 Å². The van der Waals surface area contributed by atoms with Gasteiger partial charge in [-0.1, -0.05) is 18.6 Å². The van der Waals surface area contributed by atoms with Gasteiger partial charge < -0.3 is 5.32 Å². The maximum Gasteiger partial charge on any atom is 0.123 e. The minimum absolute atomic E-state index is 0.122. The van der Waals surface area contributed by atoms with Crippen molar-refractivity contribution in [3.05, 3.63) is 35.6 Å². The molecule has 3 saturated carbocycles. The standard InChI is InChI=1S/C17H22FN/c18-13-4-1-3-11(7-13)10-19-17-9-12-8-16(17)15-6-2-5-14(12)15/h1,3-4,7,12,14-17,19H,2,5-6,8-10H2/t12-,14-,15-,16-,17+/m1/s1. The van der Waals surface area contributed by atoms with Gasteiger partial charge in [-0.25, -0.2) is 4.39 Å². The van der Waals surface area contributed by atoms with Gasteiger partial charge in [0.25, 0.3) is 0 Å². The van der Waals surface area contributed by atoms with Crippen molar-refractivity contribution in [1.82, 2.24) is 5.32 Å². The molecule has 3 aliphatic rings. The van der Waals surface area contributed by atoms with E-state index in [2.05, 4.69) is 5.32 Å². The number of halogens is 1. The monoisotopic (exact) mass is 259 g/mol. The van der Waals surface area contributed by atoms with E-state index in [1.54, 1.807) is 12.1 Å². The SMILES string of the molecule is Fc1cccc(CN[C@H]2C[C@H]3C[C@@H]2[C@@H]2CCC[C@H]32)c1. The van der Waals surface area contributed by atoms with Gasteiger partial charge in [0.05, 0.1) is 0 Å². The van der Waals surface area contributed by atoms with Crippen LogP contribution >= 0.6 is 0 Å². The van der Waals surface area contributed by atoms with Crippen LogP contribution in [0.1, 0.15) is 37.7 Å². The molecule has 1 aromatic carbocycles. The predicted octanol–water partition coefficient (Wildman–Crippen LogP) is 3.74. The Balaban J connectivity index is 1.40. The van der Waals surface area contributed by atoms with E-state index in [0.717, 1.165) is 35.8 Å². The van der Waals surface area contributed by atoms with Crippen LogP contribution in [0.5, 0.6) is 0 Å². The summed E-state index contributed by atoms with van der Waals surface area (Å²) in [6.45, 7) is 0.822. The number of benzene rings is 1. The highest BCUT2D eigenvalue weighted by Crippen LogP contribution is 2.58. The number of rotatable bonds is 3. The summed E-state index contributed by atoms with van der Waals surface area (Å²) in [5.74, 6) is 3.83. The second-order valence-electron chi connectivity index (χ2n) is 6.77. The van der Waals surface area contributed by atoms with Crippen molar-refractivity contribution in [2.45, 2.75) is 44.7 Å². The van der Waals surface area contributed by atoms with Crippen LogP contribution in [-0.2, 0) is 6.54 Å². The largest absolute Gasteiger partial charge is 0.310 e. The molecule has 1 nitrogen and oxygen atoms in total. The molecule has 0 aliphatic heterocycles. The van der Waals surface area contributed by atoms with E-state index in [-0.39, 0.29) is 5.82 Å². The van der Waals surface area contributed by atoms with Crippen molar-refractivity contribution >= 4 is 0 Å². The van der Waals surface area contributed by atoms with Crippen LogP contribution in [0.4, 0.5) is 4.39 Å². The van der Waals surface area contributed by atoms with Crippen LogP contribution < -0.4 is 5.32 Å². The zero-order valence-corrected chi connectivity index (χ0v) is 11.3. The molecule has 3 fully saturated rings. The molecule has 102 valence electrons. The fraction of sp³-hybridized carbons (Fsp3) is 0.647. The minimum Gasteiger partial charge on any atom is -0.310 e. The van der Waals surface area contributed by atoms with Crippen molar-refractivity contribution < 1.29 is 4.39 Å². The van der Waals surface area contributed by atoms with Gasteiger partial charge >= 0.3 is 0 Å². The van der Waals surface area contributed by atoms with Crippen molar-refractivity contribution in [2.75, 3.05) is 0 Å². The maximum atomic E-state index is 13.2. The summed E-state index contributed by atoms with van der Waals surface area (Å²) >= 11 is 0. The van der Waals surface area contributed by atoms with Gasteiger partial charge in [0.15, 0.2) is 0 Å². The Morgan fingerprint density at radius 3 is 2.89 bits per heavy atom. The minimum atomic E-state index is -0.122. The summed E-state index contributed by atoms with van der Waals surface area (Å²) in [5, 5.41) is 3.70. The van der Waals surface area contributed by atoms with E-state index in [1.165, 1.54) is 38.2 Å². The van der Waals surface area contributed by atoms with E-state index in [1.807, 2.05) is 6.07 Å². The second kappa shape index (κ2) is 4.59. The molecule has 1 aromatic rings. The Morgan fingerprint density at radius 1 is 1.11 bits per heavy atom. The average molecular weight is 259 g/mol. The first-order chi connectivity index (χ1) is 9.31. The summed E-state index contributed by atoms with van der Waals surface area (Å²) in [4.78, 5) is 0. The molecule has 3 aliphatic carbocycles. The number of hydrogen-bond donors (Lipinski definition) is 1. The molecule has 2 heteroatoms. The Kier molecular flexibility index (Phi) is 2.87. The van der Waals surface area contributed by atoms with Crippen molar-refractivity contribution in [1.29, 1.82) is 0 Å². The number of nitrogens with one attached hydrogen (secondary N) is 1. The summed E-state index contributed by atoms with van der Waals surface area (Å²) in [7, 11) is 0. The third kappa shape index (κ3) is 2.01. The van der Waals surface area contributed by atoms with E-state index in [9.17, 15) is 4.39 Å². The Morgan fingerprint density at radius 2 is 2.00 bits per heavy atom. The lowest BCUT2D eigenvalue weighted by Gasteiger charge is -2.32. The average Bonchev–Trinajstić information content (AvgIpc) is 3.08. The first-order valence-electron chi connectivity index (χ1n) is 7.79. The van der Waals surface area contributed by atoms with Crippen molar-refractivity contribution in [3.8, 4) is 0 Å². The van der Waals surface area contributed by atoms with Crippen LogP contribution in [-0.4, -0.2) is 6.04 Å². The third-order valence-electron chi connectivity index (χ3n) is 5.89. The van der Waals surface area contributed by atoms with E-state index in [0.29, 0.717) is 6.04 Å². The summed E-state index contributed by atoms with van der Waals surface area (Å²) in [6.07, 6.45) is 7.22. The predicted molar refractivity (Wildman–Crippen MR) is 74.1 cm³/mol. The smallest absolute Gasteiger partial charge is 0.123 e. The molecule has 0 spiro atoms. The van der Waals surface area contributed by atoms with Gasteiger partial charge in [-0.15, -0.1) is 0 Å². The molecule has 0 radical (unpaired) electrons. The summed E-state index contributed by atoms with van der Waals surface area (Å²) < 4.78 is 13.2. The van der Waals surface area contributed by atoms with Crippen LogP contribution in [0.15, 0.2) is 24.3 Å².